The Bertz CT molecular complexity index is 333. The van der Waals surface area contributed by atoms with Gasteiger partial charge in [0, 0.05) is 6.54 Å². The number of morpholine rings is 1. The molecule has 0 aromatic heterocycles. The molecular formula is C12H21N3O3. The van der Waals surface area contributed by atoms with Crippen molar-refractivity contribution >= 4 is 11.9 Å². The van der Waals surface area contributed by atoms with Crippen LogP contribution < -0.4 is 11.1 Å². The van der Waals surface area contributed by atoms with E-state index >= 15 is 0 Å². The van der Waals surface area contributed by atoms with Crippen molar-refractivity contribution in [3.8, 4) is 0 Å². The standard InChI is InChI=1S/C12H21N3O3/c1-8(14-12(13)17)11(16)15-6-7-18-10-5-3-2-4-9(10)15/h8-10H,2-7H2,1H3,(H3,13,14,17). The van der Waals surface area contributed by atoms with Crippen LogP contribution in [0.2, 0.25) is 0 Å². The smallest absolute Gasteiger partial charge is 0.312 e. The summed E-state index contributed by atoms with van der Waals surface area (Å²) in [7, 11) is 0. The molecule has 1 aliphatic carbocycles. The van der Waals surface area contributed by atoms with Crippen LogP contribution in [-0.2, 0) is 9.53 Å². The van der Waals surface area contributed by atoms with Crippen molar-refractivity contribution in [1.29, 1.82) is 0 Å². The summed E-state index contributed by atoms with van der Waals surface area (Å²) in [5.74, 6) is -0.0611. The van der Waals surface area contributed by atoms with Crippen LogP contribution in [0.25, 0.3) is 0 Å². The van der Waals surface area contributed by atoms with Gasteiger partial charge in [0.2, 0.25) is 5.91 Å². The summed E-state index contributed by atoms with van der Waals surface area (Å²) < 4.78 is 5.72. The van der Waals surface area contributed by atoms with Crippen LogP contribution in [0.3, 0.4) is 0 Å². The first-order chi connectivity index (χ1) is 8.59. The van der Waals surface area contributed by atoms with Crippen molar-refractivity contribution in [3.63, 3.8) is 0 Å². The Kier molecular flexibility index (Phi) is 4.06. The van der Waals surface area contributed by atoms with E-state index in [9.17, 15) is 9.59 Å². The first-order valence-corrected chi connectivity index (χ1v) is 6.57. The Morgan fingerprint density at radius 2 is 2.11 bits per heavy atom. The fourth-order valence-corrected chi connectivity index (χ4v) is 2.89. The largest absolute Gasteiger partial charge is 0.374 e. The summed E-state index contributed by atoms with van der Waals surface area (Å²) in [4.78, 5) is 24.9. The van der Waals surface area contributed by atoms with E-state index in [-0.39, 0.29) is 18.1 Å². The maximum absolute atomic E-state index is 12.3. The normalized spacial score (nSPS) is 29.3. The Labute approximate surface area is 107 Å². The lowest BCUT2D eigenvalue weighted by molar-refractivity contribution is -0.151. The molecule has 2 rings (SSSR count). The molecule has 2 aliphatic rings. The van der Waals surface area contributed by atoms with Crippen molar-refractivity contribution in [2.75, 3.05) is 13.2 Å². The summed E-state index contributed by atoms with van der Waals surface area (Å²) >= 11 is 0. The van der Waals surface area contributed by atoms with E-state index in [0.717, 1.165) is 25.7 Å². The van der Waals surface area contributed by atoms with Crippen LogP contribution in [0.15, 0.2) is 0 Å². The second kappa shape index (κ2) is 5.56. The van der Waals surface area contributed by atoms with Gasteiger partial charge in [-0.2, -0.15) is 0 Å². The third-order valence-electron chi connectivity index (χ3n) is 3.74. The molecule has 0 radical (unpaired) electrons. The number of urea groups is 1. The first kappa shape index (κ1) is 13.1. The van der Waals surface area contributed by atoms with Crippen molar-refractivity contribution in [2.45, 2.75) is 50.8 Å². The lowest BCUT2D eigenvalue weighted by Gasteiger charge is -2.44. The summed E-state index contributed by atoms with van der Waals surface area (Å²) in [6.45, 7) is 2.85. The second-order valence-electron chi connectivity index (χ2n) is 5.02. The fraction of sp³-hybridized carbons (Fsp3) is 0.833. The Balaban J connectivity index is 2.01. The van der Waals surface area contributed by atoms with Gasteiger partial charge in [0.1, 0.15) is 6.04 Å². The molecule has 1 saturated carbocycles. The quantitative estimate of drug-likeness (QED) is 0.740. The van der Waals surface area contributed by atoms with E-state index in [0.29, 0.717) is 13.2 Å². The van der Waals surface area contributed by atoms with Gasteiger partial charge in [0.25, 0.3) is 0 Å². The zero-order valence-electron chi connectivity index (χ0n) is 10.7. The molecule has 0 spiro atoms. The van der Waals surface area contributed by atoms with Crippen LogP contribution in [0, 0.1) is 0 Å². The number of nitrogens with zero attached hydrogens (tertiary/aromatic N) is 1. The van der Waals surface area contributed by atoms with E-state index in [2.05, 4.69) is 5.32 Å². The molecule has 102 valence electrons. The van der Waals surface area contributed by atoms with Gasteiger partial charge < -0.3 is 20.7 Å². The summed E-state index contributed by atoms with van der Waals surface area (Å²) in [6.07, 6.45) is 4.47. The Morgan fingerprint density at radius 3 is 2.83 bits per heavy atom. The average molecular weight is 255 g/mol. The number of carbonyl (C=O) groups is 2. The maximum Gasteiger partial charge on any atom is 0.312 e. The van der Waals surface area contributed by atoms with E-state index in [4.69, 9.17) is 10.5 Å². The zero-order chi connectivity index (χ0) is 13.1. The highest BCUT2D eigenvalue weighted by atomic mass is 16.5. The average Bonchev–Trinajstić information content (AvgIpc) is 2.36. The van der Waals surface area contributed by atoms with Gasteiger partial charge in [-0.15, -0.1) is 0 Å². The molecule has 6 nitrogen and oxygen atoms in total. The third-order valence-corrected chi connectivity index (χ3v) is 3.74. The predicted octanol–water partition coefficient (Wildman–Crippen LogP) is 0.213. The van der Waals surface area contributed by atoms with Crippen molar-refractivity contribution in [1.82, 2.24) is 10.2 Å². The molecular weight excluding hydrogens is 234 g/mol. The number of amides is 3. The molecule has 1 saturated heterocycles. The summed E-state index contributed by atoms with van der Waals surface area (Å²) in [6, 6.07) is -1.07. The molecule has 1 aliphatic heterocycles. The number of nitrogens with one attached hydrogen (secondary N) is 1. The van der Waals surface area contributed by atoms with Crippen LogP contribution in [0.1, 0.15) is 32.6 Å². The minimum atomic E-state index is -0.663. The number of rotatable bonds is 2. The Hall–Kier alpha value is -1.30. The van der Waals surface area contributed by atoms with Crippen LogP contribution in [-0.4, -0.2) is 48.2 Å². The lowest BCUT2D eigenvalue weighted by atomic mass is 9.90. The Morgan fingerprint density at radius 1 is 1.39 bits per heavy atom. The van der Waals surface area contributed by atoms with Gasteiger partial charge in [0.05, 0.1) is 18.8 Å². The topological polar surface area (TPSA) is 84.7 Å². The number of primary amides is 1. The molecule has 0 aromatic rings. The monoisotopic (exact) mass is 255 g/mol. The fourth-order valence-electron chi connectivity index (χ4n) is 2.89. The molecule has 3 amide bonds. The van der Waals surface area contributed by atoms with Gasteiger partial charge in [0.15, 0.2) is 0 Å². The molecule has 3 atom stereocenters. The number of carbonyl (C=O) groups excluding carboxylic acids is 2. The summed E-state index contributed by atoms with van der Waals surface area (Å²) in [5.41, 5.74) is 5.05. The number of nitrogens with two attached hydrogens (primary N) is 1. The second-order valence-corrected chi connectivity index (χ2v) is 5.02. The predicted molar refractivity (Wildman–Crippen MR) is 65.9 cm³/mol. The highest BCUT2D eigenvalue weighted by Gasteiger charge is 2.38. The molecule has 0 aromatic carbocycles. The lowest BCUT2D eigenvalue weighted by Crippen LogP contribution is -2.59. The van der Waals surface area contributed by atoms with Crippen molar-refractivity contribution in [2.24, 2.45) is 5.73 Å². The number of ether oxygens (including phenoxy) is 1. The summed E-state index contributed by atoms with van der Waals surface area (Å²) in [5, 5.41) is 2.44. The van der Waals surface area contributed by atoms with Gasteiger partial charge in [-0.1, -0.05) is 12.8 Å². The zero-order valence-corrected chi connectivity index (χ0v) is 10.7. The van der Waals surface area contributed by atoms with Crippen molar-refractivity contribution in [3.05, 3.63) is 0 Å². The maximum atomic E-state index is 12.3. The van der Waals surface area contributed by atoms with Crippen LogP contribution in [0.5, 0.6) is 0 Å². The number of hydrogen-bond donors (Lipinski definition) is 2. The highest BCUT2D eigenvalue weighted by Crippen LogP contribution is 2.28. The number of hydrogen-bond acceptors (Lipinski definition) is 3. The molecule has 2 fully saturated rings. The van der Waals surface area contributed by atoms with E-state index in [1.54, 1.807) is 6.92 Å². The molecule has 6 heteroatoms. The molecule has 0 bridgehead atoms. The van der Waals surface area contributed by atoms with Gasteiger partial charge in [-0.05, 0) is 19.8 Å². The minimum Gasteiger partial charge on any atom is -0.374 e. The third kappa shape index (κ3) is 2.75. The first-order valence-electron chi connectivity index (χ1n) is 6.57. The van der Waals surface area contributed by atoms with Gasteiger partial charge in [-0.3, -0.25) is 4.79 Å². The SMILES string of the molecule is CC(NC(N)=O)C(=O)N1CCOC2CCCCC21. The van der Waals surface area contributed by atoms with Crippen LogP contribution >= 0.6 is 0 Å². The van der Waals surface area contributed by atoms with E-state index < -0.39 is 12.1 Å². The van der Waals surface area contributed by atoms with Gasteiger partial charge in [-0.25, -0.2) is 4.79 Å². The van der Waals surface area contributed by atoms with Crippen molar-refractivity contribution < 1.29 is 14.3 Å². The molecule has 1 heterocycles. The minimum absolute atomic E-state index is 0.0611. The number of fused-ring (bicyclic) bond motifs is 1. The molecule has 3 unspecified atom stereocenters. The highest BCUT2D eigenvalue weighted by molar-refractivity contribution is 5.86. The van der Waals surface area contributed by atoms with Crippen LogP contribution in [0.4, 0.5) is 4.79 Å². The van der Waals surface area contributed by atoms with E-state index in [1.165, 1.54) is 0 Å². The van der Waals surface area contributed by atoms with E-state index in [1.807, 2.05) is 4.90 Å². The molecule has 3 N–H and O–H groups in total. The van der Waals surface area contributed by atoms with Gasteiger partial charge >= 0.3 is 6.03 Å². The molecule has 18 heavy (non-hydrogen) atoms.